The van der Waals surface area contributed by atoms with Crippen molar-refractivity contribution in [2.24, 2.45) is 0 Å². The SMILES string of the molecule is CC(NC(=O)c1cc(F)c(F)c(F)c1)C(=O)NCc1cc[cH-]c1.[Fe+2].c1cc[cH-]c1. The molecule has 0 saturated heterocycles. The van der Waals surface area contributed by atoms with E-state index in [-0.39, 0.29) is 17.1 Å². The average Bonchev–Trinajstić information content (AvgIpc) is 3.40. The van der Waals surface area contributed by atoms with E-state index >= 15 is 0 Å². The number of hydrogen-bond acceptors (Lipinski definition) is 2. The van der Waals surface area contributed by atoms with E-state index in [1.165, 1.54) is 6.92 Å². The monoisotopic (exact) mass is 444 g/mol. The van der Waals surface area contributed by atoms with E-state index in [9.17, 15) is 22.8 Å². The van der Waals surface area contributed by atoms with Crippen LogP contribution in [0.15, 0.2) is 66.7 Å². The van der Waals surface area contributed by atoms with Gasteiger partial charge in [0, 0.05) is 5.56 Å². The molecule has 2 amide bonds. The second-order valence-electron chi connectivity index (χ2n) is 5.92. The van der Waals surface area contributed by atoms with Gasteiger partial charge in [-0.3, -0.25) is 9.59 Å². The number of nitrogens with one attached hydrogen (secondary N) is 2. The Morgan fingerprint density at radius 3 is 2.14 bits per heavy atom. The van der Waals surface area contributed by atoms with Crippen LogP contribution in [0.25, 0.3) is 0 Å². The van der Waals surface area contributed by atoms with Gasteiger partial charge in [-0.05, 0) is 25.6 Å². The molecule has 0 aliphatic heterocycles. The van der Waals surface area contributed by atoms with Crippen LogP contribution >= 0.6 is 0 Å². The number of halogens is 3. The second-order valence-corrected chi connectivity index (χ2v) is 5.92. The molecule has 0 heterocycles. The number of carbonyl (C=O) groups excluding carboxylic acids is 2. The smallest absolute Gasteiger partial charge is 0.362 e. The molecule has 0 saturated carbocycles. The van der Waals surface area contributed by atoms with Gasteiger partial charge in [-0.15, -0.1) is 0 Å². The molecule has 0 spiro atoms. The van der Waals surface area contributed by atoms with Crippen LogP contribution in [0.2, 0.25) is 0 Å². The Kier molecular flexibility index (Phi) is 9.92. The Morgan fingerprint density at radius 2 is 1.66 bits per heavy atom. The number of carbonyl (C=O) groups is 2. The van der Waals surface area contributed by atoms with Crippen LogP contribution in [0.5, 0.6) is 0 Å². The molecule has 0 aliphatic rings. The summed E-state index contributed by atoms with van der Waals surface area (Å²) >= 11 is 0. The summed E-state index contributed by atoms with van der Waals surface area (Å²) in [6.07, 6.45) is 0. The Bertz CT molecular complexity index is 857. The van der Waals surface area contributed by atoms with Gasteiger partial charge in [0.2, 0.25) is 5.91 Å². The summed E-state index contributed by atoms with van der Waals surface area (Å²) in [5.41, 5.74) is 0.497. The van der Waals surface area contributed by atoms with Gasteiger partial charge in [-0.1, -0.05) is 0 Å². The zero-order valence-corrected chi connectivity index (χ0v) is 16.5. The topological polar surface area (TPSA) is 58.2 Å². The molecule has 2 N–H and O–H groups in total. The van der Waals surface area contributed by atoms with Gasteiger partial charge < -0.3 is 10.6 Å². The second kappa shape index (κ2) is 11.9. The first-order chi connectivity index (χ1) is 13.4. The summed E-state index contributed by atoms with van der Waals surface area (Å²) in [5, 5.41) is 4.90. The van der Waals surface area contributed by atoms with Crippen molar-refractivity contribution in [1.82, 2.24) is 10.6 Å². The van der Waals surface area contributed by atoms with E-state index in [4.69, 9.17) is 0 Å². The van der Waals surface area contributed by atoms with E-state index in [1.807, 2.05) is 54.6 Å². The molecule has 4 nitrogen and oxygen atoms in total. The molecule has 8 heteroatoms. The van der Waals surface area contributed by atoms with Crippen molar-refractivity contribution in [3.63, 3.8) is 0 Å². The molecule has 29 heavy (non-hydrogen) atoms. The molecule has 1 unspecified atom stereocenters. The van der Waals surface area contributed by atoms with E-state index in [0.29, 0.717) is 18.7 Å². The van der Waals surface area contributed by atoms with Gasteiger partial charge in [-0.25, -0.2) is 31.4 Å². The van der Waals surface area contributed by atoms with Gasteiger partial charge in [-0.2, -0.15) is 42.0 Å². The molecule has 0 aliphatic carbocycles. The summed E-state index contributed by atoms with van der Waals surface area (Å²) in [4.78, 5) is 23.7. The van der Waals surface area contributed by atoms with Crippen molar-refractivity contribution in [1.29, 1.82) is 0 Å². The van der Waals surface area contributed by atoms with Crippen molar-refractivity contribution in [3.8, 4) is 0 Å². The zero-order valence-electron chi connectivity index (χ0n) is 15.4. The predicted octanol–water partition coefficient (Wildman–Crippen LogP) is 3.66. The Labute approximate surface area is 177 Å². The summed E-state index contributed by atoms with van der Waals surface area (Å²) in [6, 6.07) is 17.5. The third-order valence-corrected chi connectivity index (χ3v) is 3.74. The van der Waals surface area contributed by atoms with E-state index < -0.39 is 40.9 Å². The Morgan fingerprint density at radius 1 is 1.03 bits per heavy atom. The molecule has 0 radical (unpaired) electrons. The van der Waals surface area contributed by atoms with Crippen LogP contribution in [0.4, 0.5) is 13.2 Å². The molecular weight excluding hydrogens is 425 g/mol. The molecule has 0 aromatic heterocycles. The minimum absolute atomic E-state index is 0. The standard InChI is InChI=1S/C16H14F3N2O2.C5H5.Fe/c1-9(15(22)20-8-10-4-2-3-5-10)21-16(23)11-6-12(17)14(19)13(18)7-11;1-2-4-5-3-1;/h2-7,9H,8H2,1H3,(H,20,22)(H,21,23);1-5H;/q2*-1;+2. The van der Waals surface area contributed by atoms with Gasteiger partial charge in [0.15, 0.2) is 17.5 Å². The van der Waals surface area contributed by atoms with Crippen molar-refractivity contribution < 1.29 is 39.8 Å². The first kappa shape index (κ1) is 24.2. The quantitative estimate of drug-likeness (QED) is 0.359. The van der Waals surface area contributed by atoms with E-state index in [1.54, 1.807) is 0 Å². The van der Waals surface area contributed by atoms with Crippen LogP contribution in [0.3, 0.4) is 0 Å². The molecule has 3 rings (SSSR count). The Balaban J connectivity index is 0.000000610. The van der Waals surface area contributed by atoms with Crippen LogP contribution in [-0.4, -0.2) is 17.9 Å². The van der Waals surface area contributed by atoms with Gasteiger partial charge >= 0.3 is 17.1 Å². The van der Waals surface area contributed by atoms with Crippen LogP contribution < -0.4 is 10.6 Å². The molecule has 154 valence electrons. The summed E-state index contributed by atoms with van der Waals surface area (Å²) in [7, 11) is 0. The fourth-order valence-electron chi connectivity index (χ4n) is 2.23. The fourth-order valence-corrected chi connectivity index (χ4v) is 2.23. The number of benzene rings is 1. The average molecular weight is 444 g/mol. The van der Waals surface area contributed by atoms with E-state index in [2.05, 4.69) is 10.6 Å². The van der Waals surface area contributed by atoms with Crippen molar-refractivity contribution in [2.45, 2.75) is 19.5 Å². The maximum atomic E-state index is 13.1. The maximum absolute atomic E-state index is 13.1. The summed E-state index contributed by atoms with van der Waals surface area (Å²) < 4.78 is 39.1. The number of rotatable bonds is 5. The zero-order chi connectivity index (χ0) is 20.5. The third kappa shape index (κ3) is 7.60. The van der Waals surface area contributed by atoms with Crippen molar-refractivity contribution in [2.75, 3.05) is 0 Å². The molecule has 1 atom stereocenters. The minimum atomic E-state index is -1.65. The maximum Gasteiger partial charge on any atom is 2.00 e. The van der Waals surface area contributed by atoms with Gasteiger partial charge in [0.25, 0.3) is 5.91 Å². The molecule has 3 aromatic rings. The third-order valence-electron chi connectivity index (χ3n) is 3.74. The Hall–Kier alpha value is -2.83. The predicted molar refractivity (Wildman–Crippen MR) is 99.2 cm³/mol. The largest absolute Gasteiger partial charge is 2.00 e. The summed E-state index contributed by atoms with van der Waals surface area (Å²) in [6.45, 7) is 1.72. The van der Waals surface area contributed by atoms with Gasteiger partial charge in [0.05, 0.1) is 0 Å². The van der Waals surface area contributed by atoms with Crippen LogP contribution in [0.1, 0.15) is 22.8 Å². The molecular formula is C21H19F3FeN2O2. The fraction of sp³-hybridized carbons (Fsp3) is 0.143. The van der Waals surface area contributed by atoms with Gasteiger partial charge in [0.1, 0.15) is 6.04 Å². The first-order valence-electron chi connectivity index (χ1n) is 8.49. The normalized spacial score (nSPS) is 10.8. The summed E-state index contributed by atoms with van der Waals surface area (Å²) in [5.74, 6) is -5.92. The molecule has 0 bridgehead atoms. The van der Waals surface area contributed by atoms with Crippen molar-refractivity contribution >= 4 is 11.8 Å². The molecule has 0 fully saturated rings. The van der Waals surface area contributed by atoms with Crippen LogP contribution in [0, 0.1) is 17.5 Å². The number of hydrogen-bond donors (Lipinski definition) is 2. The number of amides is 2. The van der Waals surface area contributed by atoms with Crippen LogP contribution in [-0.2, 0) is 28.4 Å². The van der Waals surface area contributed by atoms with Crippen molar-refractivity contribution in [3.05, 3.63) is 95.3 Å². The first-order valence-corrected chi connectivity index (χ1v) is 8.49. The van der Waals surface area contributed by atoms with E-state index in [0.717, 1.165) is 5.56 Å². The minimum Gasteiger partial charge on any atom is -0.362 e. The molecule has 3 aromatic carbocycles.